The highest BCUT2D eigenvalue weighted by Crippen LogP contribution is 2.06. The van der Waals surface area contributed by atoms with E-state index in [4.69, 9.17) is 4.52 Å². The summed E-state index contributed by atoms with van der Waals surface area (Å²) in [5.41, 5.74) is 0.668. The van der Waals surface area contributed by atoms with Crippen LogP contribution in [0.25, 0.3) is 0 Å². The van der Waals surface area contributed by atoms with Crippen molar-refractivity contribution in [2.24, 2.45) is 0 Å². The smallest absolute Gasteiger partial charge is 0.245 e. The van der Waals surface area contributed by atoms with Crippen molar-refractivity contribution in [3.05, 3.63) is 47.5 Å². The Bertz CT molecular complexity index is 637. The second kappa shape index (κ2) is 6.65. The summed E-state index contributed by atoms with van der Waals surface area (Å²) < 4.78 is 17.5. The number of rotatable bonds is 5. The summed E-state index contributed by atoms with van der Waals surface area (Å²) in [6.45, 7) is 1.53. The molecule has 0 aliphatic carbocycles. The van der Waals surface area contributed by atoms with E-state index in [9.17, 15) is 14.0 Å². The quantitative estimate of drug-likeness (QED) is 0.872. The molecule has 0 aliphatic heterocycles. The summed E-state index contributed by atoms with van der Waals surface area (Å²) in [5.74, 6) is -0.221. The number of aromatic nitrogens is 1. The van der Waals surface area contributed by atoms with Crippen LogP contribution in [0.5, 0.6) is 0 Å². The first-order valence-electron chi connectivity index (χ1n) is 6.27. The van der Waals surface area contributed by atoms with Crippen molar-refractivity contribution in [3.63, 3.8) is 0 Å². The van der Waals surface area contributed by atoms with E-state index >= 15 is 0 Å². The van der Waals surface area contributed by atoms with E-state index in [2.05, 4.69) is 15.8 Å². The highest BCUT2D eigenvalue weighted by atomic mass is 19.1. The summed E-state index contributed by atoms with van der Waals surface area (Å²) in [7, 11) is 0. The molecule has 0 aliphatic rings. The van der Waals surface area contributed by atoms with Gasteiger partial charge in [-0.1, -0.05) is 17.3 Å². The van der Waals surface area contributed by atoms with Gasteiger partial charge < -0.3 is 15.2 Å². The van der Waals surface area contributed by atoms with Crippen LogP contribution in [-0.4, -0.2) is 23.5 Å². The standard InChI is InChI=1S/C14H14FN3O3/c1-9-6-12(18-21-9)17-14(20)8-16-13(19)7-10-2-4-11(15)5-3-10/h2-6H,7-8H2,1H3,(H,16,19)(H,17,18,20). The van der Waals surface area contributed by atoms with Gasteiger partial charge >= 0.3 is 0 Å². The molecular weight excluding hydrogens is 277 g/mol. The first-order chi connectivity index (χ1) is 10.0. The normalized spacial score (nSPS) is 10.2. The summed E-state index contributed by atoms with van der Waals surface area (Å²) in [5, 5.41) is 8.55. The molecule has 6 nitrogen and oxygen atoms in total. The molecule has 2 N–H and O–H groups in total. The number of hydrogen-bond acceptors (Lipinski definition) is 4. The average Bonchev–Trinajstić information content (AvgIpc) is 2.84. The number of anilines is 1. The van der Waals surface area contributed by atoms with Crippen molar-refractivity contribution in [3.8, 4) is 0 Å². The molecule has 0 fully saturated rings. The Morgan fingerprint density at radius 2 is 1.95 bits per heavy atom. The highest BCUT2D eigenvalue weighted by Gasteiger charge is 2.09. The van der Waals surface area contributed by atoms with Crippen molar-refractivity contribution in [2.45, 2.75) is 13.3 Å². The molecule has 0 atom stereocenters. The third-order valence-electron chi connectivity index (χ3n) is 2.62. The number of nitrogens with zero attached hydrogens (tertiary/aromatic N) is 1. The molecule has 1 aromatic heterocycles. The van der Waals surface area contributed by atoms with E-state index in [0.29, 0.717) is 17.1 Å². The zero-order valence-electron chi connectivity index (χ0n) is 11.4. The maximum atomic E-state index is 12.7. The summed E-state index contributed by atoms with van der Waals surface area (Å²) in [6, 6.07) is 7.17. The van der Waals surface area contributed by atoms with Crippen molar-refractivity contribution < 1.29 is 18.5 Å². The number of halogens is 1. The second-order valence-corrected chi connectivity index (χ2v) is 4.45. The van der Waals surface area contributed by atoms with Crippen LogP contribution in [0.1, 0.15) is 11.3 Å². The molecule has 7 heteroatoms. The van der Waals surface area contributed by atoms with Gasteiger partial charge in [0.25, 0.3) is 0 Å². The van der Waals surface area contributed by atoms with Gasteiger partial charge in [0.15, 0.2) is 5.82 Å². The number of carbonyl (C=O) groups is 2. The lowest BCUT2D eigenvalue weighted by Crippen LogP contribution is -2.33. The van der Waals surface area contributed by atoms with E-state index in [-0.39, 0.29) is 24.7 Å². The number of nitrogens with one attached hydrogen (secondary N) is 2. The predicted octanol–water partition coefficient (Wildman–Crippen LogP) is 1.42. The fourth-order valence-corrected chi connectivity index (χ4v) is 1.64. The molecule has 0 radical (unpaired) electrons. The maximum absolute atomic E-state index is 12.7. The molecule has 110 valence electrons. The minimum absolute atomic E-state index is 0.0800. The molecule has 2 aromatic rings. The molecule has 0 saturated heterocycles. The van der Waals surface area contributed by atoms with Gasteiger partial charge in [-0.25, -0.2) is 4.39 Å². The van der Waals surface area contributed by atoms with Crippen LogP contribution in [0, 0.1) is 12.7 Å². The number of hydrogen-bond donors (Lipinski definition) is 2. The lowest BCUT2D eigenvalue weighted by Gasteiger charge is -2.05. The van der Waals surface area contributed by atoms with Gasteiger partial charge in [0.05, 0.1) is 13.0 Å². The SMILES string of the molecule is Cc1cc(NC(=O)CNC(=O)Cc2ccc(F)cc2)no1. The molecule has 2 rings (SSSR count). The lowest BCUT2D eigenvalue weighted by molar-refractivity contribution is -0.123. The number of benzene rings is 1. The predicted molar refractivity (Wildman–Crippen MR) is 73.0 cm³/mol. The Morgan fingerprint density at radius 1 is 1.24 bits per heavy atom. The van der Waals surface area contributed by atoms with Crippen molar-refractivity contribution in [1.29, 1.82) is 0 Å². The topological polar surface area (TPSA) is 84.2 Å². The van der Waals surface area contributed by atoms with E-state index in [1.165, 1.54) is 24.3 Å². The number of amides is 2. The molecule has 21 heavy (non-hydrogen) atoms. The van der Waals surface area contributed by atoms with Gasteiger partial charge in [0.2, 0.25) is 11.8 Å². The zero-order chi connectivity index (χ0) is 15.2. The molecule has 0 spiro atoms. The fraction of sp³-hybridized carbons (Fsp3) is 0.214. The van der Waals surface area contributed by atoms with Gasteiger partial charge in [-0.15, -0.1) is 0 Å². The first-order valence-corrected chi connectivity index (χ1v) is 6.27. The Hall–Kier alpha value is -2.70. The van der Waals surface area contributed by atoms with Crippen LogP contribution in [0.3, 0.4) is 0 Å². The largest absolute Gasteiger partial charge is 0.360 e. The fourth-order valence-electron chi connectivity index (χ4n) is 1.64. The molecular formula is C14H14FN3O3. The van der Waals surface area contributed by atoms with Crippen LogP contribution in [0.2, 0.25) is 0 Å². The minimum atomic E-state index is -0.407. The summed E-state index contributed by atoms with van der Waals surface area (Å²) >= 11 is 0. The Balaban J connectivity index is 1.75. The third-order valence-corrected chi connectivity index (χ3v) is 2.62. The summed E-state index contributed by atoms with van der Waals surface area (Å²) in [6.07, 6.45) is 0.0800. The van der Waals surface area contributed by atoms with E-state index in [0.717, 1.165) is 0 Å². The van der Waals surface area contributed by atoms with E-state index in [1.807, 2.05) is 0 Å². The van der Waals surface area contributed by atoms with Crippen molar-refractivity contribution in [1.82, 2.24) is 10.5 Å². The second-order valence-electron chi connectivity index (χ2n) is 4.45. The lowest BCUT2D eigenvalue weighted by atomic mass is 10.1. The molecule has 0 unspecified atom stereocenters. The van der Waals surface area contributed by atoms with Crippen LogP contribution in [0.4, 0.5) is 10.2 Å². The molecule has 0 bridgehead atoms. The molecule has 0 saturated carbocycles. The Morgan fingerprint density at radius 3 is 2.57 bits per heavy atom. The van der Waals surface area contributed by atoms with Gasteiger partial charge in [0, 0.05) is 6.07 Å². The first kappa shape index (κ1) is 14.7. The Labute approximate surface area is 120 Å². The summed E-state index contributed by atoms with van der Waals surface area (Å²) in [4.78, 5) is 23.2. The van der Waals surface area contributed by atoms with Crippen LogP contribution < -0.4 is 10.6 Å². The Kier molecular flexibility index (Phi) is 4.65. The number of carbonyl (C=O) groups excluding carboxylic acids is 2. The molecule has 1 heterocycles. The van der Waals surface area contributed by atoms with Crippen LogP contribution in [-0.2, 0) is 16.0 Å². The van der Waals surface area contributed by atoms with Gasteiger partial charge in [-0.2, -0.15) is 0 Å². The van der Waals surface area contributed by atoms with Gasteiger partial charge in [-0.05, 0) is 24.6 Å². The van der Waals surface area contributed by atoms with Crippen LogP contribution >= 0.6 is 0 Å². The average molecular weight is 291 g/mol. The van der Waals surface area contributed by atoms with Crippen molar-refractivity contribution in [2.75, 3.05) is 11.9 Å². The third kappa shape index (κ3) is 4.72. The van der Waals surface area contributed by atoms with Crippen molar-refractivity contribution >= 4 is 17.6 Å². The molecule has 2 amide bonds. The van der Waals surface area contributed by atoms with Gasteiger partial charge in [0.1, 0.15) is 11.6 Å². The van der Waals surface area contributed by atoms with E-state index in [1.54, 1.807) is 13.0 Å². The molecule has 1 aromatic carbocycles. The minimum Gasteiger partial charge on any atom is -0.360 e. The van der Waals surface area contributed by atoms with E-state index < -0.39 is 5.91 Å². The van der Waals surface area contributed by atoms with Crippen LogP contribution in [0.15, 0.2) is 34.9 Å². The number of aryl methyl sites for hydroxylation is 1. The maximum Gasteiger partial charge on any atom is 0.245 e. The monoisotopic (exact) mass is 291 g/mol. The zero-order valence-corrected chi connectivity index (χ0v) is 11.4. The van der Waals surface area contributed by atoms with Gasteiger partial charge in [-0.3, -0.25) is 9.59 Å². The highest BCUT2D eigenvalue weighted by molar-refractivity contribution is 5.94.